The zero-order chi connectivity index (χ0) is 21.4. The monoisotopic (exact) mass is 406 g/mol. The largest absolute Gasteiger partial charge is 0.462 e. The van der Waals surface area contributed by atoms with Crippen molar-refractivity contribution < 1.29 is 19.2 Å². The lowest BCUT2D eigenvalue weighted by Crippen LogP contribution is -2.29. The molecule has 2 heterocycles. The summed E-state index contributed by atoms with van der Waals surface area (Å²) in [5, 5.41) is 18.0. The molecule has 1 amide bonds. The minimum Gasteiger partial charge on any atom is -0.462 e. The van der Waals surface area contributed by atoms with Crippen LogP contribution >= 0.6 is 0 Å². The van der Waals surface area contributed by atoms with Gasteiger partial charge < -0.3 is 4.74 Å². The number of amides is 1. The number of nitrogens with zero attached hydrogens (tertiary/aromatic N) is 3. The van der Waals surface area contributed by atoms with Crippen molar-refractivity contribution in [2.45, 2.75) is 19.9 Å². The summed E-state index contributed by atoms with van der Waals surface area (Å²) in [6.45, 7) is 3.83. The Balaban J connectivity index is 1.77. The summed E-state index contributed by atoms with van der Waals surface area (Å²) in [7, 11) is 0. The van der Waals surface area contributed by atoms with Gasteiger partial charge in [-0.3, -0.25) is 24.9 Å². The van der Waals surface area contributed by atoms with Crippen LogP contribution < -0.4 is 4.90 Å². The Kier molecular flexibility index (Phi) is 4.78. The van der Waals surface area contributed by atoms with Crippen molar-refractivity contribution in [1.29, 1.82) is 0 Å². The van der Waals surface area contributed by atoms with Gasteiger partial charge in [0.15, 0.2) is 5.69 Å². The minimum absolute atomic E-state index is 0.0300. The number of H-pyrrole nitrogens is 1. The van der Waals surface area contributed by atoms with E-state index in [1.54, 1.807) is 48.2 Å². The van der Waals surface area contributed by atoms with Gasteiger partial charge in [0.2, 0.25) is 0 Å². The van der Waals surface area contributed by atoms with Gasteiger partial charge in [0.25, 0.3) is 11.6 Å². The minimum atomic E-state index is -0.500. The number of carbonyl (C=O) groups is 2. The van der Waals surface area contributed by atoms with Gasteiger partial charge in [0, 0.05) is 29.1 Å². The SMILES string of the molecule is CCOC(=O)c1ccc(N2C(=O)c3n[nH]c(C)c3[C@@H]2c2ccc([N+](=O)[O-])cc2)cc1. The summed E-state index contributed by atoms with van der Waals surface area (Å²) in [4.78, 5) is 37.2. The molecule has 1 atom stereocenters. The van der Waals surface area contributed by atoms with Gasteiger partial charge in [-0.05, 0) is 55.8 Å². The van der Waals surface area contributed by atoms with Crippen LogP contribution in [-0.2, 0) is 4.74 Å². The van der Waals surface area contributed by atoms with E-state index in [9.17, 15) is 19.7 Å². The van der Waals surface area contributed by atoms with Crippen molar-refractivity contribution in [2.75, 3.05) is 11.5 Å². The molecular formula is C21H18N4O5. The number of benzene rings is 2. The number of esters is 1. The van der Waals surface area contributed by atoms with Gasteiger partial charge >= 0.3 is 5.97 Å². The lowest BCUT2D eigenvalue weighted by molar-refractivity contribution is -0.384. The summed E-state index contributed by atoms with van der Waals surface area (Å²) in [5.41, 5.74) is 3.42. The lowest BCUT2D eigenvalue weighted by atomic mass is 9.98. The van der Waals surface area contributed by atoms with Crippen LogP contribution in [0.5, 0.6) is 0 Å². The van der Waals surface area contributed by atoms with Gasteiger partial charge in [-0.25, -0.2) is 4.79 Å². The van der Waals surface area contributed by atoms with E-state index in [2.05, 4.69) is 10.2 Å². The number of ether oxygens (including phenoxy) is 1. The number of hydrogen-bond acceptors (Lipinski definition) is 6. The maximum atomic E-state index is 13.1. The van der Waals surface area contributed by atoms with Crippen LogP contribution in [0.1, 0.15) is 50.6 Å². The number of aromatic amines is 1. The van der Waals surface area contributed by atoms with Gasteiger partial charge in [0.1, 0.15) is 0 Å². The highest BCUT2D eigenvalue weighted by Crippen LogP contribution is 2.42. The van der Waals surface area contributed by atoms with E-state index >= 15 is 0 Å². The Labute approximate surface area is 171 Å². The number of carbonyl (C=O) groups excluding carboxylic acids is 2. The molecule has 1 aliphatic rings. The maximum absolute atomic E-state index is 13.1. The van der Waals surface area contributed by atoms with Crippen molar-refractivity contribution in [3.63, 3.8) is 0 Å². The highest BCUT2D eigenvalue weighted by Gasteiger charge is 2.42. The Morgan fingerprint density at radius 3 is 2.47 bits per heavy atom. The number of nitrogens with one attached hydrogen (secondary N) is 1. The number of aryl methyl sites for hydroxylation is 1. The molecule has 152 valence electrons. The second-order valence-electron chi connectivity index (χ2n) is 6.80. The van der Waals surface area contributed by atoms with E-state index in [1.165, 1.54) is 12.1 Å². The highest BCUT2D eigenvalue weighted by molar-refractivity contribution is 6.10. The van der Waals surface area contributed by atoms with Crippen molar-refractivity contribution >= 4 is 23.3 Å². The predicted molar refractivity (Wildman–Crippen MR) is 107 cm³/mol. The van der Waals surface area contributed by atoms with E-state index < -0.39 is 16.9 Å². The average Bonchev–Trinajstić information content (AvgIpc) is 3.26. The molecule has 1 aromatic heterocycles. The topological polar surface area (TPSA) is 118 Å². The number of nitro benzene ring substituents is 1. The quantitative estimate of drug-likeness (QED) is 0.393. The Bertz CT molecular complexity index is 1140. The zero-order valence-corrected chi connectivity index (χ0v) is 16.3. The van der Waals surface area contributed by atoms with Crippen LogP contribution in [0.15, 0.2) is 48.5 Å². The summed E-state index contributed by atoms with van der Waals surface area (Å²) in [5.74, 6) is -0.727. The fourth-order valence-electron chi connectivity index (χ4n) is 3.63. The molecule has 9 nitrogen and oxygen atoms in total. The molecule has 0 spiro atoms. The van der Waals surface area contributed by atoms with Gasteiger partial charge in [-0.2, -0.15) is 5.10 Å². The van der Waals surface area contributed by atoms with Gasteiger partial charge in [-0.1, -0.05) is 0 Å². The molecule has 9 heteroatoms. The van der Waals surface area contributed by atoms with Crippen molar-refractivity contribution in [1.82, 2.24) is 10.2 Å². The third kappa shape index (κ3) is 3.10. The molecule has 4 rings (SSSR count). The first kappa shape index (κ1) is 19.3. The van der Waals surface area contributed by atoms with Crippen molar-refractivity contribution in [2.24, 2.45) is 0 Å². The molecule has 0 saturated heterocycles. The first-order chi connectivity index (χ1) is 14.4. The number of fused-ring (bicyclic) bond motifs is 1. The van der Waals surface area contributed by atoms with E-state index in [4.69, 9.17) is 4.74 Å². The van der Waals surface area contributed by atoms with Gasteiger partial charge in [-0.15, -0.1) is 0 Å². The molecule has 3 aromatic rings. The molecule has 0 fully saturated rings. The molecule has 1 aliphatic heterocycles. The van der Waals surface area contributed by atoms with E-state index in [1.807, 2.05) is 6.92 Å². The summed E-state index contributed by atoms with van der Waals surface area (Å²) >= 11 is 0. The van der Waals surface area contributed by atoms with Crippen molar-refractivity contribution in [3.05, 3.63) is 86.7 Å². The van der Waals surface area contributed by atoms with Crippen LogP contribution in [0.25, 0.3) is 0 Å². The fourth-order valence-corrected chi connectivity index (χ4v) is 3.63. The molecule has 30 heavy (non-hydrogen) atoms. The van der Waals surface area contributed by atoms with Crippen LogP contribution in [0.4, 0.5) is 11.4 Å². The smallest absolute Gasteiger partial charge is 0.338 e. The zero-order valence-electron chi connectivity index (χ0n) is 16.3. The predicted octanol–water partition coefficient (Wildman–Crippen LogP) is 3.55. The summed E-state index contributed by atoms with van der Waals surface area (Å²) < 4.78 is 5.00. The highest BCUT2D eigenvalue weighted by atomic mass is 16.6. The Morgan fingerprint density at radius 1 is 1.20 bits per heavy atom. The normalized spacial score (nSPS) is 15.2. The number of hydrogen-bond donors (Lipinski definition) is 1. The molecule has 0 bridgehead atoms. The molecule has 0 unspecified atom stereocenters. The lowest BCUT2D eigenvalue weighted by Gasteiger charge is -2.26. The molecule has 2 aromatic carbocycles. The average molecular weight is 406 g/mol. The first-order valence-electron chi connectivity index (χ1n) is 9.32. The molecule has 0 aliphatic carbocycles. The van der Waals surface area contributed by atoms with E-state index in [0.717, 1.165) is 11.3 Å². The molecule has 1 N–H and O–H groups in total. The fraction of sp³-hybridized carbons (Fsp3) is 0.190. The number of non-ortho nitro benzene ring substituents is 1. The van der Waals surface area contributed by atoms with Crippen LogP contribution in [0.2, 0.25) is 0 Å². The molecule has 0 radical (unpaired) electrons. The Hall–Kier alpha value is -4.01. The van der Waals surface area contributed by atoms with Crippen molar-refractivity contribution in [3.8, 4) is 0 Å². The van der Waals surface area contributed by atoms with Gasteiger partial charge in [0.05, 0.1) is 23.1 Å². The second-order valence-corrected chi connectivity index (χ2v) is 6.80. The summed E-state index contributed by atoms with van der Waals surface area (Å²) in [6.07, 6.45) is 0. The number of nitro groups is 1. The van der Waals surface area contributed by atoms with Crippen LogP contribution in [0, 0.1) is 17.0 Å². The van der Waals surface area contributed by atoms with Crippen LogP contribution in [0.3, 0.4) is 0 Å². The third-order valence-corrected chi connectivity index (χ3v) is 5.02. The third-order valence-electron chi connectivity index (χ3n) is 5.02. The van der Waals surface area contributed by atoms with E-state index in [0.29, 0.717) is 22.5 Å². The molecule has 0 saturated carbocycles. The van der Waals surface area contributed by atoms with E-state index in [-0.39, 0.29) is 18.2 Å². The second kappa shape index (κ2) is 7.43. The number of anilines is 1. The van der Waals surface area contributed by atoms with Crippen LogP contribution in [-0.4, -0.2) is 33.6 Å². The molecular weight excluding hydrogens is 388 g/mol. The maximum Gasteiger partial charge on any atom is 0.338 e. The summed E-state index contributed by atoms with van der Waals surface area (Å²) in [6, 6.07) is 12.1. The first-order valence-corrected chi connectivity index (χ1v) is 9.32. The number of aromatic nitrogens is 2. The Morgan fingerprint density at radius 2 is 1.87 bits per heavy atom. The standard InChI is InChI=1S/C21H18N4O5/c1-3-30-21(27)14-6-8-15(9-7-14)24-19(13-4-10-16(11-5-13)25(28)29)17-12(2)22-23-18(17)20(24)26/h4-11,19H,3H2,1-2H3,(H,22,23)/t19-/m0/s1. The number of rotatable bonds is 5.